The van der Waals surface area contributed by atoms with E-state index in [1.165, 1.54) is 6.07 Å². The lowest BCUT2D eigenvalue weighted by Crippen LogP contribution is -2.42. The largest absolute Gasteiger partial charge is 0.486 e. The van der Waals surface area contributed by atoms with Gasteiger partial charge >= 0.3 is 0 Å². The summed E-state index contributed by atoms with van der Waals surface area (Å²) < 4.78 is 30.9. The molecule has 0 aromatic heterocycles. The number of carbonyl (C=O) groups is 1. The highest BCUT2D eigenvalue weighted by molar-refractivity contribution is 5.98. The first-order chi connectivity index (χ1) is 12.2. The van der Waals surface area contributed by atoms with Crippen LogP contribution in [0.25, 0.3) is 0 Å². The fourth-order valence-electron chi connectivity index (χ4n) is 3.17. The number of hydrogen-bond donors (Lipinski definition) is 0. The Hall–Kier alpha value is -2.60. The topological polar surface area (TPSA) is 48.0 Å². The highest BCUT2D eigenvalue weighted by Crippen LogP contribution is 2.35. The van der Waals surface area contributed by atoms with Gasteiger partial charge in [0.1, 0.15) is 25.1 Å². The van der Waals surface area contributed by atoms with E-state index in [4.69, 9.17) is 14.2 Å². The van der Waals surface area contributed by atoms with Crippen molar-refractivity contribution in [2.24, 2.45) is 0 Å². The van der Waals surface area contributed by atoms with Crippen molar-refractivity contribution >= 4 is 5.91 Å². The molecule has 0 spiro atoms. The fourth-order valence-corrected chi connectivity index (χ4v) is 3.17. The number of carbonyl (C=O) groups excluding carboxylic acids is 1. The number of hydrogen-bond acceptors (Lipinski definition) is 4. The minimum atomic E-state index is -0.476. The quantitative estimate of drug-likeness (QED) is 0.841. The van der Waals surface area contributed by atoms with Gasteiger partial charge in [0.15, 0.2) is 11.5 Å². The maximum Gasteiger partial charge on any atom is 0.257 e. The van der Waals surface area contributed by atoms with Crippen LogP contribution in [0, 0.1) is 5.82 Å². The lowest BCUT2D eigenvalue weighted by atomic mass is 10.1. The molecule has 1 atom stereocenters. The van der Waals surface area contributed by atoms with Crippen molar-refractivity contribution in [1.82, 2.24) is 4.90 Å². The van der Waals surface area contributed by atoms with Crippen molar-refractivity contribution < 1.29 is 23.4 Å². The van der Waals surface area contributed by atoms with Crippen LogP contribution < -0.4 is 9.47 Å². The van der Waals surface area contributed by atoms with Crippen LogP contribution in [-0.4, -0.2) is 43.7 Å². The number of para-hydroxylation sites is 1. The second-order valence-corrected chi connectivity index (χ2v) is 5.96. The van der Waals surface area contributed by atoms with E-state index in [1.54, 1.807) is 41.3 Å². The smallest absolute Gasteiger partial charge is 0.257 e. The summed E-state index contributed by atoms with van der Waals surface area (Å²) in [4.78, 5) is 14.6. The molecule has 25 heavy (non-hydrogen) atoms. The van der Waals surface area contributed by atoms with Crippen LogP contribution in [0.1, 0.15) is 22.0 Å². The van der Waals surface area contributed by atoms with E-state index < -0.39 is 6.10 Å². The van der Waals surface area contributed by atoms with Gasteiger partial charge in [-0.1, -0.05) is 24.3 Å². The summed E-state index contributed by atoms with van der Waals surface area (Å²) in [6.45, 7) is 1.99. The summed E-state index contributed by atoms with van der Waals surface area (Å²) in [6, 6.07) is 11.8. The summed E-state index contributed by atoms with van der Waals surface area (Å²) in [5, 5.41) is 0. The number of halogens is 1. The highest BCUT2D eigenvalue weighted by Gasteiger charge is 2.30. The molecular weight excluding hydrogens is 325 g/mol. The van der Waals surface area contributed by atoms with E-state index in [1.807, 2.05) is 0 Å². The number of fused-ring (bicyclic) bond motifs is 1. The molecule has 2 aliphatic rings. The SMILES string of the molecule is O=C(c1cccc2c1OCCO2)N1CCO[C@@H](c2ccccc2F)C1. The third kappa shape index (κ3) is 3.05. The first-order valence-electron chi connectivity index (χ1n) is 8.28. The number of ether oxygens (including phenoxy) is 3. The van der Waals surface area contributed by atoms with Crippen molar-refractivity contribution in [3.63, 3.8) is 0 Å². The Morgan fingerprint density at radius 1 is 1.04 bits per heavy atom. The molecule has 1 saturated heterocycles. The minimum Gasteiger partial charge on any atom is -0.486 e. The van der Waals surface area contributed by atoms with Gasteiger partial charge in [-0.3, -0.25) is 4.79 Å². The van der Waals surface area contributed by atoms with Crippen LogP contribution >= 0.6 is 0 Å². The van der Waals surface area contributed by atoms with Crippen LogP contribution in [0.5, 0.6) is 11.5 Å². The normalized spacial score (nSPS) is 19.6. The van der Waals surface area contributed by atoms with Gasteiger partial charge in [-0.2, -0.15) is 0 Å². The first-order valence-corrected chi connectivity index (χ1v) is 8.28. The number of amides is 1. The first kappa shape index (κ1) is 15.9. The molecule has 0 radical (unpaired) electrons. The molecule has 130 valence electrons. The number of nitrogens with zero attached hydrogens (tertiary/aromatic N) is 1. The standard InChI is InChI=1S/C19H18FNO4/c20-15-6-2-1-4-13(15)17-12-21(8-9-23-17)19(22)14-5-3-7-16-18(14)25-11-10-24-16/h1-7,17H,8-12H2/t17-/m1/s1. The van der Waals surface area contributed by atoms with Gasteiger partial charge in [0.05, 0.1) is 18.7 Å². The molecule has 5 nitrogen and oxygen atoms in total. The Bertz CT molecular complexity index is 795. The lowest BCUT2D eigenvalue weighted by Gasteiger charge is -2.34. The van der Waals surface area contributed by atoms with Gasteiger partial charge in [-0.25, -0.2) is 4.39 Å². The van der Waals surface area contributed by atoms with Crippen molar-refractivity contribution in [1.29, 1.82) is 0 Å². The molecule has 2 aromatic rings. The Morgan fingerprint density at radius 2 is 1.88 bits per heavy atom. The van der Waals surface area contributed by atoms with E-state index in [0.717, 1.165) is 0 Å². The molecule has 4 rings (SSSR count). The van der Waals surface area contributed by atoms with Gasteiger partial charge in [-0.15, -0.1) is 0 Å². The molecule has 2 aliphatic heterocycles. The van der Waals surface area contributed by atoms with Gasteiger partial charge in [-0.05, 0) is 18.2 Å². The van der Waals surface area contributed by atoms with Crippen LogP contribution in [0.4, 0.5) is 4.39 Å². The molecule has 0 unspecified atom stereocenters. The van der Waals surface area contributed by atoms with Crippen LogP contribution in [0.3, 0.4) is 0 Å². The Balaban J connectivity index is 1.58. The molecular formula is C19H18FNO4. The Labute approximate surface area is 144 Å². The molecule has 2 heterocycles. The average Bonchev–Trinajstić information content (AvgIpc) is 2.67. The zero-order valence-electron chi connectivity index (χ0n) is 13.6. The summed E-state index contributed by atoms with van der Waals surface area (Å²) in [5.74, 6) is 0.575. The molecule has 2 aromatic carbocycles. The Morgan fingerprint density at radius 3 is 2.76 bits per heavy atom. The van der Waals surface area contributed by atoms with Gasteiger partial charge in [0.2, 0.25) is 0 Å². The van der Waals surface area contributed by atoms with E-state index in [2.05, 4.69) is 0 Å². The second-order valence-electron chi connectivity index (χ2n) is 5.96. The van der Waals surface area contributed by atoms with Crippen LogP contribution in [-0.2, 0) is 4.74 Å². The predicted octanol–water partition coefficient (Wildman–Crippen LogP) is 2.81. The number of rotatable bonds is 2. The van der Waals surface area contributed by atoms with Crippen molar-refractivity contribution in [2.75, 3.05) is 32.9 Å². The van der Waals surface area contributed by atoms with Gasteiger partial charge < -0.3 is 19.1 Å². The van der Waals surface area contributed by atoms with E-state index in [-0.39, 0.29) is 11.7 Å². The third-order valence-corrected chi connectivity index (χ3v) is 4.40. The third-order valence-electron chi connectivity index (χ3n) is 4.40. The summed E-state index contributed by atoms with van der Waals surface area (Å²) in [6.07, 6.45) is -0.476. The average molecular weight is 343 g/mol. The number of morpholine rings is 1. The molecule has 1 fully saturated rings. The van der Waals surface area contributed by atoms with Gasteiger partial charge in [0, 0.05) is 12.1 Å². The van der Waals surface area contributed by atoms with E-state index >= 15 is 0 Å². The maximum atomic E-state index is 14.0. The van der Waals surface area contributed by atoms with E-state index in [0.29, 0.717) is 55.5 Å². The van der Waals surface area contributed by atoms with E-state index in [9.17, 15) is 9.18 Å². The van der Waals surface area contributed by atoms with Crippen molar-refractivity contribution in [3.8, 4) is 11.5 Å². The molecule has 0 N–H and O–H groups in total. The zero-order valence-corrected chi connectivity index (χ0v) is 13.6. The maximum absolute atomic E-state index is 14.0. The second kappa shape index (κ2) is 6.72. The minimum absolute atomic E-state index is 0.160. The Kier molecular flexibility index (Phi) is 4.28. The summed E-state index contributed by atoms with van der Waals surface area (Å²) in [5.41, 5.74) is 0.932. The van der Waals surface area contributed by atoms with Gasteiger partial charge in [0.25, 0.3) is 5.91 Å². The zero-order chi connectivity index (χ0) is 17.2. The monoisotopic (exact) mass is 343 g/mol. The fraction of sp³-hybridized carbons (Fsp3) is 0.316. The molecule has 0 aliphatic carbocycles. The lowest BCUT2D eigenvalue weighted by molar-refractivity contribution is -0.0244. The summed E-state index contributed by atoms with van der Waals surface area (Å²) in [7, 11) is 0. The molecule has 0 saturated carbocycles. The molecule has 0 bridgehead atoms. The molecule has 1 amide bonds. The predicted molar refractivity (Wildman–Crippen MR) is 88.4 cm³/mol. The number of benzene rings is 2. The highest BCUT2D eigenvalue weighted by atomic mass is 19.1. The summed E-state index contributed by atoms with van der Waals surface area (Å²) >= 11 is 0. The van der Waals surface area contributed by atoms with Crippen LogP contribution in [0.2, 0.25) is 0 Å². The van der Waals surface area contributed by atoms with Crippen LogP contribution in [0.15, 0.2) is 42.5 Å². The van der Waals surface area contributed by atoms with Crippen molar-refractivity contribution in [3.05, 3.63) is 59.4 Å². The molecule has 6 heteroatoms. The van der Waals surface area contributed by atoms with Crippen molar-refractivity contribution in [2.45, 2.75) is 6.10 Å².